The average molecular weight is 268 g/mol. The van der Waals surface area contributed by atoms with Crippen molar-refractivity contribution in [2.24, 2.45) is 11.8 Å². The summed E-state index contributed by atoms with van der Waals surface area (Å²) >= 11 is 0. The van der Waals surface area contributed by atoms with Gasteiger partial charge in [0.2, 0.25) is 0 Å². The van der Waals surface area contributed by atoms with Crippen LogP contribution in [0.2, 0.25) is 0 Å². The Hall–Kier alpha value is 2.21. The number of aliphatic carboxylic acids is 2. The predicted octanol–water partition coefficient (Wildman–Crippen LogP) is -4.17. The molecule has 6 heteroatoms. The summed E-state index contributed by atoms with van der Waals surface area (Å²) in [6.07, 6.45) is 1.20. The third kappa shape index (κ3) is 9.87. The number of carboxylic acid groups (broad SMARTS) is 2. The first-order valence-electron chi connectivity index (χ1n) is 4.48. The summed E-state index contributed by atoms with van der Waals surface area (Å²) in [6, 6.07) is 0. The van der Waals surface area contributed by atoms with Crippen molar-refractivity contribution in [3.05, 3.63) is 0 Å². The van der Waals surface area contributed by atoms with E-state index in [1.165, 1.54) is 0 Å². The van der Waals surface area contributed by atoms with Gasteiger partial charge in [-0.2, -0.15) is 0 Å². The molecule has 0 bridgehead atoms. The zero-order valence-electron chi connectivity index (χ0n) is 12.0. The van der Waals surface area contributed by atoms with Crippen LogP contribution >= 0.6 is 0 Å². The van der Waals surface area contributed by atoms with Crippen LogP contribution in [0.1, 0.15) is 36.0 Å². The molecule has 0 aliphatic carbocycles. The van der Waals surface area contributed by atoms with Crippen molar-refractivity contribution in [3.8, 4) is 0 Å². The molecule has 0 aromatic rings. The molecule has 0 saturated carbocycles. The zero-order chi connectivity index (χ0) is 10.4. The van der Waals surface area contributed by atoms with Crippen LogP contribution in [-0.4, -0.2) is 22.2 Å². The maximum atomic E-state index is 10.6. The number of hydrogen-bond acceptors (Lipinski definition) is 2. The van der Waals surface area contributed by atoms with Gasteiger partial charge < -0.3 is 13.1 Å². The van der Waals surface area contributed by atoms with E-state index in [0.717, 1.165) is 0 Å². The maximum absolute atomic E-state index is 10.6. The summed E-state index contributed by atoms with van der Waals surface area (Å²) in [4.78, 5) is 21.2. The third-order valence-electron chi connectivity index (χ3n) is 2.25. The summed E-state index contributed by atoms with van der Waals surface area (Å²) in [7, 11) is 0. The Morgan fingerprint density at radius 2 is 1.27 bits per heavy atom. The van der Waals surface area contributed by atoms with Crippen LogP contribution in [0.15, 0.2) is 0 Å². The average Bonchev–Trinajstić information content (AvgIpc) is 2.05. The van der Waals surface area contributed by atoms with Gasteiger partial charge in [-0.3, -0.25) is 9.59 Å². The molecule has 4 nitrogen and oxygen atoms in total. The molecule has 0 fully saturated rings. The molecule has 2 N–H and O–H groups in total. The van der Waals surface area contributed by atoms with E-state index in [1.807, 2.05) is 0 Å². The fraction of sp³-hybridized carbons (Fsp3) is 0.778. The second-order valence-electron chi connectivity index (χ2n) is 3.12. The summed E-state index contributed by atoms with van der Waals surface area (Å²) in [6.45, 7) is 3.51. The molecule has 2 atom stereocenters. The Morgan fingerprint density at radius 1 is 1.00 bits per heavy atom. The molecule has 0 saturated heterocycles. The van der Waals surface area contributed by atoms with Crippen LogP contribution < -0.4 is 103 Å². The minimum absolute atomic E-state index is 0. The summed E-state index contributed by atoms with van der Waals surface area (Å²) < 4.78 is 0. The quantitative estimate of drug-likeness (QED) is 0.480. The van der Waals surface area contributed by atoms with E-state index < -0.39 is 23.8 Å². The Bertz CT molecular complexity index is 185. The van der Waals surface area contributed by atoms with Crippen LogP contribution in [-0.2, 0) is 9.59 Å². The minimum atomic E-state index is -0.901. The molecule has 0 aliphatic heterocycles. The Morgan fingerprint density at radius 3 is 1.40 bits per heavy atom. The molecule has 0 heterocycles. The Labute approximate surface area is 178 Å². The van der Waals surface area contributed by atoms with Gasteiger partial charge in [0.25, 0.3) is 0 Å². The smallest absolute Gasteiger partial charge is 1.00 e. The van der Waals surface area contributed by atoms with E-state index in [1.54, 1.807) is 13.8 Å². The molecule has 0 aromatic carbocycles. The van der Waals surface area contributed by atoms with Crippen molar-refractivity contribution < 1.29 is 125 Å². The summed E-state index contributed by atoms with van der Waals surface area (Å²) in [5.74, 6) is -2.86. The molecule has 15 heavy (non-hydrogen) atoms. The van der Waals surface area contributed by atoms with E-state index in [0.29, 0.717) is 12.8 Å². The molecule has 0 amide bonds. The first kappa shape index (κ1) is 22.4. The third-order valence-corrected chi connectivity index (χ3v) is 2.25. The number of hydrogen-bond donors (Lipinski definition) is 2. The first-order valence-corrected chi connectivity index (χ1v) is 4.48. The van der Waals surface area contributed by atoms with Crippen LogP contribution in [0.5, 0.6) is 0 Å². The van der Waals surface area contributed by atoms with Crippen LogP contribution in [0, 0.1) is 11.8 Å². The van der Waals surface area contributed by atoms with Crippen molar-refractivity contribution >= 4 is 11.9 Å². The number of rotatable bonds is 6. The Balaban J connectivity index is -0.000000120. The fourth-order valence-electron chi connectivity index (χ4n) is 1.23. The molecule has 80 valence electrons. The topological polar surface area (TPSA) is 74.6 Å². The van der Waals surface area contributed by atoms with Crippen LogP contribution in [0.4, 0.5) is 0 Å². The summed E-state index contributed by atoms with van der Waals surface area (Å²) in [5.41, 5.74) is 0. The Kier molecular flexibility index (Phi) is 18.9. The van der Waals surface area contributed by atoms with Gasteiger partial charge in [-0.15, -0.1) is 0 Å². The molecular weight excluding hydrogens is 250 g/mol. The molecule has 2 unspecified atom stereocenters. The van der Waals surface area contributed by atoms with E-state index in [-0.39, 0.29) is 112 Å². The van der Waals surface area contributed by atoms with Gasteiger partial charge in [-0.1, -0.05) is 13.8 Å². The largest absolute Gasteiger partial charge is 1.00 e. The van der Waals surface area contributed by atoms with Gasteiger partial charge in [-0.25, -0.2) is 0 Å². The van der Waals surface area contributed by atoms with E-state index in [2.05, 4.69) is 0 Å². The van der Waals surface area contributed by atoms with Crippen molar-refractivity contribution in [2.75, 3.05) is 0 Å². The van der Waals surface area contributed by atoms with Gasteiger partial charge in [0.05, 0.1) is 11.8 Å². The molecule has 0 rings (SSSR count). The molecule has 0 aromatic heterocycles. The van der Waals surface area contributed by atoms with Gasteiger partial charge in [0.1, 0.15) is 0 Å². The van der Waals surface area contributed by atoms with Crippen molar-refractivity contribution in [1.82, 2.24) is 0 Å². The predicted molar refractivity (Wildman–Crippen MR) is 49.7 cm³/mol. The maximum Gasteiger partial charge on any atom is 1.00 e. The van der Waals surface area contributed by atoms with E-state index in [9.17, 15) is 9.59 Å². The zero-order valence-corrected chi connectivity index (χ0v) is 16.2. The normalized spacial score (nSPS) is 12.9. The molecule has 0 radical (unpaired) electrons. The SMILES string of the molecule is CCC(CC(CC)C(=O)O)C(=O)O.[H-].[H-].[K+].[K+]. The van der Waals surface area contributed by atoms with Gasteiger partial charge in [0.15, 0.2) is 0 Å². The van der Waals surface area contributed by atoms with E-state index in [4.69, 9.17) is 10.2 Å². The fourth-order valence-corrected chi connectivity index (χ4v) is 1.23. The minimum Gasteiger partial charge on any atom is -1.00 e. The second-order valence-corrected chi connectivity index (χ2v) is 3.12. The van der Waals surface area contributed by atoms with Crippen LogP contribution in [0.3, 0.4) is 0 Å². The van der Waals surface area contributed by atoms with Gasteiger partial charge in [-0.05, 0) is 19.3 Å². The van der Waals surface area contributed by atoms with E-state index >= 15 is 0 Å². The van der Waals surface area contributed by atoms with Gasteiger partial charge >= 0.3 is 115 Å². The number of carbonyl (C=O) groups is 2. The molecule has 0 spiro atoms. The number of carboxylic acids is 2. The molecular formula is C9H18K2O4. The first-order chi connectivity index (χ1) is 6.02. The van der Waals surface area contributed by atoms with Crippen molar-refractivity contribution in [2.45, 2.75) is 33.1 Å². The van der Waals surface area contributed by atoms with Crippen molar-refractivity contribution in [1.29, 1.82) is 0 Å². The standard InChI is InChI=1S/C9H16O4.2K.2H/c1-3-6(8(10)11)5-7(4-2)9(12)13;;;;/h6-7H,3-5H2,1-2H3,(H,10,11)(H,12,13);;;;/q;2*+1;2*-1. The van der Waals surface area contributed by atoms with Crippen molar-refractivity contribution in [3.63, 3.8) is 0 Å². The summed E-state index contributed by atoms with van der Waals surface area (Å²) in [5, 5.41) is 17.4. The monoisotopic (exact) mass is 268 g/mol. The molecule has 0 aliphatic rings. The van der Waals surface area contributed by atoms with Crippen LogP contribution in [0.25, 0.3) is 0 Å². The van der Waals surface area contributed by atoms with Gasteiger partial charge in [0, 0.05) is 0 Å². The second kappa shape index (κ2) is 12.7.